The van der Waals surface area contributed by atoms with Gasteiger partial charge >= 0.3 is 17.8 Å². The smallest absolute Gasteiger partial charge is 0.278 e. The molecule has 1 aliphatic heterocycles. The molecule has 2 aliphatic rings. The Bertz CT molecular complexity index is 736. The van der Waals surface area contributed by atoms with Gasteiger partial charge in [0.25, 0.3) is 0 Å². The molecule has 0 radical (unpaired) electrons. The van der Waals surface area contributed by atoms with E-state index in [0.717, 1.165) is 35.1 Å². The van der Waals surface area contributed by atoms with Gasteiger partial charge in [0, 0.05) is 30.8 Å². The molecule has 1 aliphatic carbocycles. The second-order valence-electron chi connectivity index (χ2n) is 6.68. The van der Waals surface area contributed by atoms with Gasteiger partial charge < -0.3 is 0 Å². The van der Waals surface area contributed by atoms with Crippen LogP contribution in [0.4, 0.5) is 13.6 Å². The normalized spacial score (nSPS) is 17.8. The molecule has 0 spiro atoms. The van der Waals surface area contributed by atoms with Crippen molar-refractivity contribution in [2.75, 3.05) is 13.2 Å². The third kappa shape index (κ3) is 3.75. The lowest BCUT2D eigenvalue weighted by Gasteiger charge is -2.26. The molecule has 1 aromatic carbocycles. The summed E-state index contributed by atoms with van der Waals surface area (Å²) in [5, 5.41) is 0. The first-order valence-electron chi connectivity index (χ1n) is 8.77. The molecule has 2 fully saturated rings. The highest BCUT2D eigenvalue weighted by Gasteiger charge is 2.45. The van der Waals surface area contributed by atoms with Crippen molar-refractivity contribution in [2.24, 2.45) is 0 Å². The first-order chi connectivity index (χ1) is 12.4. The average Bonchev–Trinajstić information content (AvgIpc) is 3.41. The Labute approximate surface area is 150 Å². The van der Waals surface area contributed by atoms with Crippen molar-refractivity contribution in [1.82, 2.24) is 14.7 Å². The summed E-state index contributed by atoms with van der Waals surface area (Å²) in [6.07, 6.45) is 3.16. The Kier molecular flexibility index (Phi) is 5.31. The number of nitrogens with zero attached hydrogens (tertiary/aromatic N) is 3. The molecule has 1 heterocycles. The third-order valence-electron chi connectivity index (χ3n) is 4.65. The molecule has 0 N–H and O–H groups in total. The standard InChI is InChI=1S/C18H21F2N3O3/c1-2-3-8-22-16(24)17(25)23(18(22)26)11-21(14-6-7-14)10-12-4-5-13(19)9-15(12)20/h4-5,9,14H,2-3,6-8,10-11H2,1H3. The number of hydrogen-bond acceptors (Lipinski definition) is 4. The molecule has 8 heteroatoms. The van der Waals surface area contributed by atoms with E-state index in [0.29, 0.717) is 6.42 Å². The Hall–Kier alpha value is -2.35. The molecule has 0 unspecified atom stereocenters. The number of amides is 4. The molecule has 1 saturated carbocycles. The van der Waals surface area contributed by atoms with Gasteiger partial charge in [-0.15, -0.1) is 0 Å². The fraction of sp³-hybridized carbons (Fsp3) is 0.500. The third-order valence-corrected chi connectivity index (χ3v) is 4.65. The topological polar surface area (TPSA) is 60.9 Å². The summed E-state index contributed by atoms with van der Waals surface area (Å²) in [6.45, 7) is 2.20. The minimum absolute atomic E-state index is 0.0759. The van der Waals surface area contributed by atoms with Crippen molar-refractivity contribution >= 4 is 17.8 Å². The van der Waals surface area contributed by atoms with Crippen molar-refractivity contribution in [1.29, 1.82) is 0 Å². The van der Waals surface area contributed by atoms with Crippen molar-refractivity contribution in [3.05, 3.63) is 35.4 Å². The highest BCUT2D eigenvalue weighted by Crippen LogP contribution is 2.30. The Morgan fingerprint density at radius 2 is 1.81 bits per heavy atom. The summed E-state index contributed by atoms with van der Waals surface area (Å²) in [5.74, 6) is -3.00. The monoisotopic (exact) mass is 365 g/mol. The molecule has 26 heavy (non-hydrogen) atoms. The fourth-order valence-electron chi connectivity index (χ4n) is 2.97. The minimum atomic E-state index is -0.851. The number of halogens is 2. The van der Waals surface area contributed by atoms with Crippen LogP contribution in [0.25, 0.3) is 0 Å². The summed E-state index contributed by atoms with van der Waals surface area (Å²) in [7, 11) is 0. The molecule has 3 rings (SSSR count). The lowest BCUT2D eigenvalue weighted by Crippen LogP contribution is -2.43. The van der Waals surface area contributed by atoms with Crippen LogP contribution in [0.5, 0.6) is 0 Å². The van der Waals surface area contributed by atoms with E-state index in [4.69, 9.17) is 0 Å². The van der Waals surface area contributed by atoms with Gasteiger partial charge in [-0.2, -0.15) is 0 Å². The minimum Gasteiger partial charge on any atom is -0.278 e. The maximum Gasteiger partial charge on any atom is 0.335 e. The SMILES string of the molecule is CCCCN1C(=O)C(=O)N(CN(Cc2ccc(F)cc2F)C2CC2)C1=O. The van der Waals surface area contributed by atoms with E-state index in [1.807, 2.05) is 6.92 Å². The van der Waals surface area contributed by atoms with Gasteiger partial charge in [0.15, 0.2) is 0 Å². The molecule has 1 aromatic rings. The van der Waals surface area contributed by atoms with Crippen LogP contribution < -0.4 is 0 Å². The Balaban J connectivity index is 1.73. The predicted octanol–water partition coefficient (Wildman–Crippen LogP) is 2.48. The molecule has 0 atom stereocenters. The molecule has 0 bridgehead atoms. The van der Waals surface area contributed by atoms with Crippen LogP contribution in [0.2, 0.25) is 0 Å². The Morgan fingerprint density at radius 1 is 1.12 bits per heavy atom. The van der Waals surface area contributed by atoms with E-state index in [9.17, 15) is 23.2 Å². The fourth-order valence-corrected chi connectivity index (χ4v) is 2.97. The van der Waals surface area contributed by atoms with Gasteiger partial charge in [0.1, 0.15) is 11.6 Å². The van der Waals surface area contributed by atoms with Gasteiger partial charge in [0.2, 0.25) is 0 Å². The average molecular weight is 365 g/mol. The number of carbonyl (C=O) groups is 3. The van der Waals surface area contributed by atoms with E-state index in [1.54, 1.807) is 4.90 Å². The molecule has 0 aromatic heterocycles. The summed E-state index contributed by atoms with van der Waals surface area (Å²) in [6, 6.07) is 2.82. The number of rotatable bonds is 8. The van der Waals surface area contributed by atoms with E-state index >= 15 is 0 Å². The zero-order valence-electron chi connectivity index (χ0n) is 14.6. The number of unbranched alkanes of at least 4 members (excludes halogenated alkanes) is 1. The summed E-state index contributed by atoms with van der Waals surface area (Å²) >= 11 is 0. The second-order valence-corrected chi connectivity index (χ2v) is 6.68. The van der Waals surface area contributed by atoms with Gasteiger partial charge in [-0.3, -0.25) is 19.4 Å². The van der Waals surface area contributed by atoms with Crippen molar-refractivity contribution in [2.45, 2.75) is 45.2 Å². The van der Waals surface area contributed by atoms with Crippen LogP contribution in [0.3, 0.4) is 0 Å². The van der Waals surface area contributed by atoms with E-state index in [2.05, 4.69) is 0 Å². The molecular formula is C18H21F2N3O3. The van der Waals surface area contributed by atoms with Gasteiger partial charge in [0.05, 0.1) is 6.67 Å². The van der Waals surface area contributed by atoms with Crippen molar-refractivity contribution in [3.63, 3.8) is 0 Å². The number of benzene rings is 1. The lowest BCUT2D eigenvalue weighted by atomic mass is 10.2. The van der Waals surface area contributed by atoms with Gasteiger partial charge in [-0.1, -0.05) is 19.4 Å². The lowest BCUT2D eigenvalue weighted by molar-refractivity contribution is -0.144. The predicted molar refractivity (Wildman–Crippen MR) is 88.7 cm³/mol. The maximum atomic E-state index is 13.9. The molecule has 6 nitrogen and oxygen atoms in total. The van der Waals surface area contributed by atoms with Crippen LogP contribution in [0.1, 0.15) is 38.2 Å². The molecular weight excluding hydrogens is 344 g/mol. The van der Waals surface area contributed by atoms with E-state index < -0.39 is 29.5 Å². The maximum absolute atomic E-state index is 13.9. The van der Waals surface area contributed by atoms with E-state index in [-0.39, 0.29) is 31.4 Å². The van der Waals surface area contributed by atoms with Crippen LogP contribution in [-0.4, -0.2) is 51.8 Å². The van der Waals surface area contributed by atoms with E-state index in [1.165, 1.54) is 12.1 Å². The largest absolute Gasteiger partial charge is 0.335 e. The molecule has 4 amide bonds. The zero-order valence-corrected chi connectivity index (χ0v) is 14.6. The van der Waals surface area contributed by atoms with Crippen LogP contribution in [0.15, 0.2) is 18.2 Å². The highest BCUT2D eigenvalue weighted by molar-refractivity contribution is 6.44. The second kappa shape index (κ2) is 7.49. The van der Waals surface area contributed by atoms with Gasteiger partial charge in [-0.05, 0) is 25.3 Å². The van der Waals surface area contributed by atoms with Crippen LogP contribution in [-0.2, 0) is 16.1 Å². The molecule has 140 valence electrons. The van der Waals surface area contributed by atoms with Crippen molar-refractivity contribution in [3.8, 4) is 0 Å². The number of urea groups is 1. The van der Waals surface area contributed by atoms with Crippen molar-refractivity contribution < 1.29 is 23.2 Å². The Morgan fingerprint density at radius 3 is 2.42 bits per heavy atom. The highest BCUT2D eigenvalue weighted by atomic mass is 19.1. The van der Waals surface area contributed by atoms with Gasteiger partial charge in [-0.25, -0.2) is 18.5 Å². The zero-order chi connectivity index (χ0) is 18.8. The summed E-state index contributed by atoms with van der Waals surface area (Å²) in [5.41, 5.74) is 0.284. The number of hydrogen-bond donors (Lipinski definition) is 0. The summed E-state index contributed by atoms with van der Waals surface area (Å²) in [4.78, 5) is 40.3. The molecule has 1 saturated heterocycles. The van der Waals surface area contributed by atoms with Crippen LogP contribution in [0, 0.1) is 11.6 Å². The first kappa shape index (κ1) is 18.4. The first-order valence-corrected chi connectivity index (χ1v) is 8.77. The number of carbonyl (C=O) groups excluding carboxylic acids is 3. The van der Waals surface area contributed by atoms with Crippen LogP contribution >= 0.6 is 0 Å². The number of imide groups is 2. The summed E-state index contributed by atoms with van der Waals surface area (Å²) < 4.78 is 27.0. The quantitative estimate of drug-likeness (QED) is 0.525.